The first-order chi connectivity index (χ1) is 7.04. The van der Waals surface area contributed by atoms with Crippen LogP contribution in [0.3, 0.4) is 0 Å². The molecule has 0 aromatic carbocycles. The Kier molecular flexibility index (Phi) is 4.39. The van der Waals surface area contributed by atoms with Crippen LogP contribution >= 0.6 is 11.8 Å². The van der Waals surface area contributed by atoms with E-state index in [2.05, 4.69) is 0 Å². The molecule has 0 aliphatic carbocycles. The summed E-state index contributed by atoms with van der Waals surface area (Å²) in [6.07, 6.45) is 4.39. The van der Waals surface area contributed by atoms with Crippen LogP contribution < -0.4 is 0 Å². The minimum atomic E-state index is -0.192. The number of piperidine rings is 1. The smallest absolute Gasteiger partial charge is 0.236 e. The lowest BCUT2D eigenvalue weighted by Gasteiger charge is -2.28. The molecule has 0 aromatic heterocycles. The number of ketones is 1. The van der Waals surface area contributed by atoms with Crippen LogP contribution in [-0.4, -0.2) is 40.7 Å². The summed E-state index contributed by atoms with van der Waals surface area (Å²) in [6, 6.07) is 0. The van der Waals surface area contributed by atoms with E-state index in [4.69, 9.17) is 0 Å². The summed E-state index contributed by atoms with van der Waals surface area (Å²) in [7, 11) is 1.69. The summed E-state index contributed by atoms with van der Waals surface area (Å²) in [5, 5.41) is 0.0886. The van der Waals surface area contributed by atoms with Crippen LogP contribution in [0.1, 0.15) is 20.3 Å². The molecule has 1 aliphatic rings. The number of rotatable bonds is 3. The van der Waals surface area contributed by atoms with Gasteiger partial charge in [-0.25, -0.2) is 0 Å². The van der Waals surface area contributed by atoms with Crippen LogP contribution in [0, 0.1) is 0 Å². The molecule has 0 aromatic rings. The lowest BCUT2D eigenvalue weighted by Crippen LogP contribution is -2.45. The van der Waals surface area contributed by atoms with Gasteiger partial charge in [0, 0.05) is 18.7 Å². The monoisotopic (exact) mass is 227 g/mol. The molecule has 1 heterocycles. The van der Waals surface area contributed by atoms with Crippen LogP contribution in [-0.2, 0) is 9.59 Å². The molecular formula is C11H17NO2S. The molecule has 15 heavy (non-hydrogen) atoms. The second-order valence-electron chi connectivity index (χ2n) is 3.79. The highest BCUT2D eigenvalue weighted by atomic mass is 32.2. The molecule has 1 saturated heterocycles. The standard InChI is InChI=1S/C11H17NO2S/c1-4-5-8(2)15-10-6-9(13)7-12(3)11(10)14/h4-5,8,10H,6-7H2,1-3H3/b5-4+. The fraction of sp³-hybridized carbons (Fsp3) is 0.636. The van der Waals surface area contributed by atoms with Crippen molar-refractivity contribution in [1.29, 1.82) is 0 Å². The van der Waals surface area contributed by atoms with Crippen LogP contribution in [0.15, 0.2) is 12.2 Å². The Bertz CT molecular complexity index is 288. The molecule has 1 amide bonds. The van der Waals surface area contributed by atoms with E-state index in [9.17, 15) is 9.59 Å². The van der Waals surface area contributed by atoms with E-state index in [0.717, 1.165) is 0 Å². The first-order valence-electron chi connectivity index (χ1n) is 5.09. The highest BCUT2D eigenvalue weighted by molar-refractivity contribution is 8.01. The molecule has 3 nitrogen and oxygen atoms in total. The fourth-order valence-corrected chi connectivity index (χ4v) is 2.97. The van der Waals surface area contributed by atoms with Gasteiger partial charge in [-0.1, -0.05) is 12.2 Å². The summed E-state index contributed by atoms with van der Waals surface area (Å²) in [5.41, 5.74) is 0. The van der Waals surface area contributed by atoms with Crippen molar-refractivity contribution in [2.24, 2.45) is 0 Å². The maximum atomic E-state index is 11.7. The highest BCUT2D eigenvalue weighted by Crippen LogP contribution is 2.25. The van der Waals surface area contributed by atoms with Gasteiger partial charge in [0.2, 0.25) is 5.91 Å². The second-order valence-corrected chi connectivity index (χ2v) is 5.38. The number of likely N-dealkylation sites (N-methyl/N-ethyl adjacent to an activating group) is 1. The van der Waals surface area contributed by atoms with Crippen molar-refractivity contribution in [3.8, 4) is 0 Å². The van der Waals surface area contributed by atoms with E-state index in [1.165, 1.54) is 4.90 Å². The van der Waals surface area contributed by atoms with Gasteiger partial charge >= 0.3 is 0 Å². The maximum absolute atomic E-state index is 11.7. The number of nitrogens with zero attached hydrogens (tertiary/aromatic N) is 1. The van der Waals surface area contributed by atoms with Crippen LogP contribution in [0.2, 0.25) is 0 Å². The predicted molar refractivity (Wildman–Crippen MR) is 62.9 cm³/mol. The first-order valence-corrected chi connectivity index (χ1v) is 6.03. The number of carbonyl (C=O) groups excluding carboxylic acids is 2. The van der Waals surface area contributed by atoms with Crippen molar-refractivity contribution >= 4 is 23.5 Å². The van der Waals surface area contributed by atoms with Crippen molar-refractivity contribution in [1.82, 2.24) is 4.90 Å². The summed E-state index contributed by atoms with van der Waals surface area (Å²) in [5.74, 6) is 0.234. The lowest BCUT2D eigenvalue weighted by molar-refractivity contribution is -0.138. The zero-order valence-corrected chi connectivity index (χ0v) is 10.2. The molecule has 1 aliphatic heterocycles. The van der Waals surface area contributed by atoms with Crippen molar-refractivity contribution in [3.63, 3.8) is 0 Å². The minimum Gasteiger partial charge on any atom is -0.337 e. The van der Waals surface area contributed by atoms with Gasteiger partial charge in [0.15, 0.2) is 5.78 Å². The molecule has 0 radical (unpaired) electrons. The third-order valence-electron chi connectivity index (χ3n) is 2.32. The maximum Gasteiger partial charge on any atom is 0.236 e. The van der Waals surface area contributed by atoms with Gasteiger partial charge in [-0.3, -0.25) is 9.59 Å². The van der Waals surface area contributed by atoms with E-state index >= 15 is 0 Å². The van der Waals surface area contributed by atoms with Crippen LogP contribution in [0.4, 0.5) is 0 Å². The molecule has 0 saturated carbocycles. The molecule has 84 valence electrons. The fourth-order valence-electron chi connectivity index (χ4n) is 1.63. The Labute approximate surface area is 94.9 Å². The van der Waals surface area contributed by atoms with Crippen molar-refractivity contribution in [2.75, 3.05) is 13.6 Å². The van der Waals surface area contributed by atoms with Crippen molar-refractivity contribution in [2.45, 2.75) is 30.8 Å². The van der Waals surface area contributed by atoms with Crippen LogP contribution in [0.5, 0.6) is 0 Å². The summed E-state index contributed by atoms with van der Waals surface area (Å²) in [6.45, 7) is 4.27. The first kappa shape index (κ1) is 12.3. The lowest BCUT2D eigenvalue weighted by atomic mass is 10.1. The Morgan fingerprint density at radius 2 is 2.20 bits per heavy atom. The molecule has 1 fully saturated rings. The molecule has 1 rings (SSSR count). The van der Waals surface area contributed by atoms with E-state index in [1.54, 1.807) is 18.8 Å². The number of likely N-dealkylation sites (tertiary alicyclic amines) is 1. The molecule has 0 N–H and O–H groups in total. The van der Waals surface area contributed by atoms with Gasteiger partial charge in [-0.2, -0.15) is 0 Å². The molecule has 2 unspecified atom stereocenters. The second kappa shape index (κ2) is 5.35. The molecule has 4 heteroatoms. The average molecular weight is 227 g/mol. The highest BCUT2D eigenvalue weighted by Gasteiger charge is 2.32. The summed E-state index contributed by atoms with van der Waals surface area (Å²) >= 11 is 1.56. The van der Waals surface area contributed by atoms with Gasteiger partial charge < -0.3 is 4.90 Å². The average Bonchev–Trinajstić information content (AvgIpc) is 2.13. The third-order valence-corrected chi connectivity index (χ3v) is 3.60. The number of carbonyl (C=O) groups is 2. The van der Waals surface area contributed by atoms with Gasteiger partial charge in [0.1, 0.15) is 0 Å². The quantitative estimate of drug-likeness (QED) is 0.685. The number of hydrogen-bond acceptors (Lipinski definition) is 3. The van der Waals surface area contributed by atoms with E-state index in [1.807, 2.05) is 26.0 Å². The molecule has 0 spiro atoms. The van der Waals surface area contributed by atoms with E-state index in [0.29, 0.717) is 6.42 Å². The Balaban J connectivity index is 2.59. The molecule has 0 bridgehead atoms. The Hall–Kier alpha value is -0.770. The zero-order valence-electron chi connectivity index (χ0n) is 9.40. The third kappa shape index (κ3) is 3.38. The van der Waals surface area contributed by atoms with Gasteiger partial charge in [-0.15, -0.1) is 11.8 Å². The van der Waals surface area contributed by atoms with E-state index in [-0.39, 0.29) is 28.7 Å². The van der Waals surface area contributed by atoms with Crippen LogP contribution in [0.25, 0.3) is 0 Å². The van der Waals surface area contributed by atoms with Gasteiger partial charge in [0.05, 0.1) is 11.8 Å². The number of allylic oxidation sites excluding steroid dienone is 1. The zero-order chi connectivity index (χ0) is 11.4. The number of hydrogen-bond donors (Lipinski definition) is 0. The largest absolute Gasteiger partial charge is 0.337 e. The summed E-state index contributed by atoms with van der Waals surface area (Å²) < 4.78 is 0. The predicted octanol–water partition coefficient (Wildman–Crippen LogP) is 1.48. The van der Waals surface area contributed by atoms with Crippen molar-refractivity contribution in [3.05, 3.63) is 12.2 Å². The number of thioether (sulfide) groups is 1. The summed E-state index contributed by atoms with van der Waals surface area (Å²) in [4.78, 5) is 24.6. The van der Waals surface area contributed by atoms with Gasteiger partial charge in [-0.05, 0) is 13.8 Å². The van der Waals surface area contributed by atoms with Crippen molar-refractivity contribution < 1.29 is 9.59 Å². The van der Waals surface area contributed by atoms with E-state index < -0.39 is 0 Å². The molecular weight excluding hydrogens is 210 g/mol. The number of Topliss-reactive ketones (excluding diaryl/α,β-unsaturated/α-hetero) is 1. The topological polar surface area (TPSA) is 37.4 Å². The number of amides is 1. The Morgan fingerprint density at radius 1 is 1.53 bits per heavy atom. The normalized spacial score (nSPS) is 25.0. The SMILES string of the molecule is C/C=C/C(C)SC1CC(=O)CN(C)C1=O. The Morgan fingerprint density at radius 3 is 2.80 bits per heavy atom. The minimum absolute atomic E-state index is 0.0796. The van der Waals surface area contributed by atoms with Gasteiger partial charge in [0.25, 0.3) is 0 Å². The molecule has 2 atom stereocenters.